The maximum Gasteiger partial charge on any atom is 0.303 e. The van der Waals surface area contributed by atoms with Gasteiger partial charge in [0.2, 0.25) is 5.89 Å². The molecule has 1 unspecified atom stereocenters. The van der Waals surface area contributed by atoms with Gasteiger partial charge >= 0.3 is 5.97 Å². The number of carboxylic acids is 1. The molecule has 0 aromatic carbocycles. The average Bonchev–Trinajstić information content (AvgIpc) is 2.94. The van der Waals surface area contributed by atoms with E-state index >= 15 is 0 Å². The summed E-state index contributed by atoms with van der Waals surface area (Å²) in [4.78, 5) is 17.2. The minimum Gasteiger partial charge on any atom is -0.481 e. The van der Waals surface area contributed by atoms with Crippen molar-refractivity contribution in [2.24, 2.45) is 0 Å². The number of rotatable bonds is 5. The van der Waals surface area contributed by atoms with Crippen molar-refractivity contribution >= 4 is 5.97 Å². The quantitative estimate of drug-likeness (QED) is 0.848. The van der Waals surface area contributed by atoms with E-state index in [0.29, 0.717) is 6.42 Å². The largest absolute Gasteiger partial charge is 0.481 e. The molecule has 17 heavy (non-hydrogen) atoms. The molecule has 1 aliphatic rings. The van der Waals surface area contributed by atoms with E-state index in [1.807, 2.05) is 0 Å². The number of aryl methyl sites for hydroxylation is 1. The van der Waals surface area contributed by atoms with Gasteiger partial charge in [-0.2, -0.15) is 0 Å². The minimum atomic E-state index is -0.800. The van der Waals surface area contributed by atoms with E-state index in [0.717, 1.165) is 31.1 Å². The molecule has 1 N–H and O–H groups in total. The predicted octanol–water partition coefficient (Wildman–Crippen LogP) is 1.85. The van der Waals surface area contributed by atoms with E-state index in [1.165, 1.54) is 6.42 Å². The van der Waals surface area contributed by atoms with E-state index < -0.39 is 5.97 Å². The molecule has 0 aliphatic carbocycles. The number of hydrogen-bond acceptors (Lipinski definition) is 4. The van der Waals surface area contributed by atoms with Gasteiger partial charge in [0, 0.05) is 6.42 Å². The topological polar surface area (TPSA) is 66.6 Å². The second-order valence-electron chi connectivity index (χ2n) is 4.36. The molecule has 1 aromatic rings. The number of carboxylic acid groups (broad SMARTS) is 1. The predicted molar refractivity (Wildman–Crippen MR) is 61.7 cm³/mol. The Morgan fingerprint density at radius 2 is 2.53 bits per heavy atom. The lowest BCUT2D eigenvalue weighted by atomic mass is 10.2. The molecule has 1 aliphatic heterocycles. The maximum atomic E-state index is 10.5. The van der Waals surface area contributed by atoms with Gasteiger partial charge in [0.05, 0.1) is 18.2 Å². The van der Waals surface area contributed by atoms with E-state index in [9.17, 15) is 4.79 Å². The van der Waals surface area contributed by atoms with Crippen molar-refractivity contribution in [2.45, 2.75) is 38.6 Å². The molecule has 5 nitrogen and oxygen atoms in total. The monoisotopic (exact) mass is 238 g/mol. The first-order valence-electron chi connectivity index (χ1n) is 6.11. The van der Waals surface area contributed by atoms with Crippen LogP contribution in [0.15, 0.2) is 10.7 Å². The standard InChI is InChI=1S/C12H18N2O3/c1-2-14-7-3-4-10(14)12-13-9(8-17-12)5-6-11(15)16/h8,10H,2-7H2,1H3,(H,15,16). The third-order valence-electron chi connectivity index (χ3n) is 3.22. The summed E-state index contributed by atoms with van der Waals surface area (Å²) in [5.41, 5.74) is 0.741. The first kappa shape index (κ1) is 12.1. The normalized spacial score (nSPS) is 20.9. The highest BCUT2D eigenvalue weighted by Crippen LogP contribution is 2.30. The van der Waals surface area contributed by atoms with Crippen LogP contribution in [0.25, 0.3) is 0 Å². The first-order chi connectivity index (χ1) is 8.20. The molecule has 1 aromatic heterocycles. The Balaban J connectivity index is 1.99. The number of likely N-dealkylation sites (tertiary alicyclic amines) is 1. The number of oxazole rings is 1. The molecular weight excluding hydrogens is 220 g/mol. The number of carbonyl (C=O) groups is 1. The van der Waals surface area contributed by atoms with Crippen molar-refractivity contribution in [3.05, 3.63) is 17.8 Å². The lowest BCUT2D eigenvalue weighted by Crippen LogP contribution is -2.22. The molecule has 94 valence electrons. The molecule has 2 rings (SSSR count). The lowest BCUT2D eigenvalue weighted by Gasteiger charge is -2.19. The van der Waals surface area contributed by atoms with Crippen molar-refractivity contribution in [1.29, 1.82) is 0 Å². The summed E-state index contributed by atoms with van der Waals surface area (Å²) in [6.07, 6.45) is 4.38. The SMILES string of the molecule is CCN1CCCC1c1nc(CCC(=O)O)co1. The van der Waals surface area contributed by atoms with Gasteiger partial charge in [-0.3, -0.25) is 9.69 Å². The summed E-state index contributed by atoms with van der Waals surface area (Å²) in [5.74, 6) is -0.0599. The molecule has 0 radical (unpaired) electrons. The summed E-state index contributed by atoms with van der Waals surface area (Å²) in [6.45, 7) is 4.22. The van der Waals surface area contributed by atoms with Crippen molar-refractivity contribution in [3.8, 4) is 0 Å². The fourth-order valence-corrected chi connectivity index (χ4v) is 2.31. The average molecular weight is 238 g/mol. The fourth-order valence-electron chi connectivity index (χ4n) is 2.31. The van der Waals surface area contributed by atoms with Crippen LogP contribution in [0.5, 0.6) is 0 Å². The van der Waals surface area contributed by atoms with Gasteiger partial charge in [-0.25, -0.2) is 4.98 Å². The summed E-state index contributed by atoms with van der Waals surface area (Å²) >= 11 is 0. The molecule has 0 saturated carbocycles. The molecule has 0 bridgehead atoms. The van der Waals surface area contributed by atoms with E-state index in [4.69, 9.17) is 9.52 Å². The highest BCUT2D eigenvalue weighted by molar-refractivity contribution is 5.66. The van der Waals surface area contributed by atoms with Crippen LogP contribution in [0.3, 0.4) is 0 Å². The van der Waals surface area contributed by atoms with Crippen molar-refractivity contribution in [3.63, 3.8) is 0 Å². The molecule has 1 fully saturated rings. The van der Waals surface area contributed by atoms with Crippen LogP contribution in [0.4, 0.5) is 0 Å². The smallest absolute Gasteiger partial charge is 0.303 e. The molecule has 5 heteroatoms. The fraction of sp³-hybridized carbons (Fsp3) is 0.667. The number of aromatic nitrogens is 1. The molecular formula is C12H18N2O3. The van der Waals surface area contributed by atoms with E-state index in [1.54, 1.807) is 6.26 Å². The van der Waals surface area contributed by atoms with Crippen LogP contribution in [0, 0.1) is 0 Å². The minimum absolute atomic E-state index is 0.105. The second kappa shape index (κ2) is 5.31. The number of nitrogens with zero attached hydrogens (tertiary/aromatic N) is 2. The van der Waals surface area contributed by atoms with Gasteiger partial charge in [-0.05, 0) is 25.9 Å². The van der Waals surface area contributed by atoms with Crippen LogP contribution in [0.2, 0.25) is 0 Å². The molecule has 0 amide bonds. The Hall–Kier alpha value is -1.36. The van der Waals surface area contributed by atoms with Crippen molar-refractivity contribution in [2.75, 3.05) is 13.1 Å². The van der Waals surface area contributed by atoms with Gasteiger partial charge in [0.15, 0.2) is 0 Å². The third kappa shape index (κ3) is 2.85. The molecule has 1 atom stereocenters. The van der Waals surface area contributed by atoms with E-state index in [-0.39, 0.29) is 12.5 Å². The van der Waals surface area contributed by atoms with Gasteiger partial charge in [-0.15, -0.1) is 0 Å². The van der Waals surface area contributed by atoms with Crippen LogP contribution >= 0.6 is 0 Å². The summed E-state index contributed by atoms with van der Waals surface area (Å²) < 4.78 is 5.47. The van der Waals surface area contributed by atoms with Crippen LogP contribution < -0.4 is 0 Å². The highest BCUT2D eigenvalue weighted by atomic mass is 16.4. The zero-order valence-corrected chi connectivity index (χ0v) is 10.1. The Kier molecular flexibility index (Phi) is 3.78. The third-order valence-corrected chi connectivity index (χ3v) is 3.22. The molecule has 0 spiro atoms. The Labute approximate surface area is 100 Å². The summed E-state index contributed by atoms with van der Waals surface area (Å²) in [5, 5.41) is 8.61. The zero-order valence-electron chi connectivity index (χ0n) is 10.1. The number of hydrogen-bond donors (Lipinski definition) is 1. The van der Waals surface area contributed by atoms with E-state index in [2.05, 4.69) is 16.8 Å². The van der Waals surface area contributed by atoms with Crippen LogP contribution in [0.1, 0.15) is 43.8 Å². The molecule has 1 saturated heterocycles. The first-order valence-corrected chi connectivity index (χ1v) is 6.11. The lowest BCUT2D eigenvalue weighted by molar-refractivity contribution is -0.136. The van der Waals surface area contributed by atoms with Gasteiger partial charge in [0.1, 0.15) is 6.26 Å². The van der Waals surface area contributed by atoms with Gasteiger partial charge < -0.3 is 9.52 Å². The summed E-state index contributed by atoms with van der Waals surface area (Å²) in [7, 11) is 0. The Morgan fingerprint density at radius 3 is 3.24 bits per heavy atom. The van der Waals surface area contributed by atoms with Crippen LogP contribution in [-0.4, -0.2) is 34.0 Å². The Bertz CT molecular complexity index is 389. The number of aliphatic carboxylic acids is 1. The highest BCUT2D eigenvalue weighted by Gasteiger charge is 2.28. The van der Waals surface area contributed by atoms with Crippen LogP contribution in [-0.2, 0) is 11.2 Å². The zero-order chi connectivity index (χ0) is 12.3. The second-order valence-corrected chi connectivity index (χ2v) is 4.36. The maximum absolute atomic E-state index is 10.5. The van der Waals surface area contributed by atoms with Gasteiger partial charge in [0.25, 0.3) is 0 Å². The summed E-state index contributed by atoms with van der Waals surface area (Å²) in [6, 6.07) is 0.276. The molecule has 2 heterocycles. The van der Waals surface area contributed by atoms with Gasteiger partial charge in [-0.1, -0.05) is 6.92 Å². The Morgan fingerprint density at radius 1 is 1.71 bits per heavy atom. The van der Waals surface area contributed by atoms with Crippen molar-refractivity contribution < 1.29 is 14.3 Å². The van der Waals surface area contributed by atoms with Crippen molar-refractivity contribution in [1.82, 2.24) is 9.88 Å².